The van der Waals surface area contributed by atoms with Crippen LogP contribution in [0.2, 0.25) is 0 Å². The third kappa shape index (κ3) is 1.92. The summed E-state index contributed by atoms with van der Waals surface area (Å²) in [6.07, 6.45) is 5.07. The van der Waals surface area contributed by atoms with Gasteiger partial charge in [-0.1, -0.05) is 0 Å². The number of aromatic nitrogens is 3. The number of pyridine rings is 1. The van der Waals surface area contributed by atoms with Crippen molar-refractivity contribution >= 4 is 27.8 Å². The third-order valence-corrected chi connectivity index (χ3v) is 3.87. The van der Waals surface area contributed by atoms with Gasteiger partial charge in [-0.2, -0.15) is 0 Å². The van der Waals surface area contributed by atoms with Crippen molar-refractivity contribution in [2.24, 2.45) is 0 Å². The molecule has 2 heterocycles. The van der Waals surface area contributed by atoms with Gasteiger partial charge in [-0.3, -0.25) is 9.19 Å². The van der Waals surface area contributed by atoms with E-state index >= 15 is 0 Å². The lowest BCUT2D eigenvalue weighted by Crippen LogP contribution is -2.18. The number of nitrogens with zero attached hydrogens (tertiary/aromatic N) is 3. The minimum atomic E-state index is -0.866. The smallest absolute Gasteiger partial charge is 0.201 e. The number of rotatable bonds is 3. The van der Waals surface area contributed by atoms with Crippen LogP contribution >= 0.6 is 0 Å². The normalized spacial score (nSPS) is 15.1. The molecule has 2 rings (SSSR count). The second-order valence-corrected chi connectivity index (χ2v) is 5.56. The van der Waals surface area contributed by atoms with E-state index in [-0.39, 0.29) is 5.25 Å². The predicted molar refractivity (Wildman–Crippen MR) is 65.5 cm³/mol. The summed E-state index contributed by atoms with van der Waals surface area (Å²) in [5.74, 6) is 0.445. The summed E-state index contributed by atoms with van der Waals surface area (Å²) in [6.45, 7) is 2.54. The molecule has 0 radical (unpaired) electrons. The number of hydrogen-bond acceptors (Lipinski definition) is 4. The average molecular weight is 238 g/mol. The largest absolute Gasteiger partial charge is 0.369 e. The van der Waals surface area contributed by atoms with E-state index in [0.717, 1.165) is 11.0 Å². The molecule has 0 spiro atoms. The van der Waals surface area contributed by atoms with Crippen molar-refractivity contribution < 1.29 is 4.21 Å². The molecule has 0 saturated carbocycles. The van der Waals surface area contributed by atoms with Gasteiger partial charge in [-0.15, -0.1) is 0 Å². The first-order valence-electron chi connectivity index (χ1n) is 4.97. The highest BCUT2D eigenvalue weighted by Crippen LogP contribution is 2.17. The lowest BCUT2D eigenvalue weighted by Gasteiger charge is -2.11. The molecule has 5 nitrogen and oxygen atoms in total. The topological polar surface area (TPSA) is 73.8 Å². The van der Waals surface area contributed by atoms with E-state index in [1.165, 1.54) is 0 Å². The van der Waals surface area contributed by atoms with Crippen molar-refractivity contribution in [1.82, 2.24) is 14.5 Å². The van der Waals surface area contributed by atoms with Gasteiger partial charge in [0, 0.05) is 35.0 Å². The van der Waals surface area contributed by atoms with Crippen LogP contribution in [0.5, 0.6) is 0 Å². The molecule has 0 saturated heterocycles. The lowest BCUT2D eigenvalue weighted by atomic mass is 10.4. The Labute approximate surface area is 96.1 Å². The molecule has 0 bridgehead atoms. The van der Waals surface area contributed by atoms with Gasteiger partial charge in [0.25, 0.3) is 0 Å². The Morgan fingerprint density at radius 2 is 2.38 bits per heavy atom. The maximum absolute atomic E-state index is 11.3. The van der Waals surface area contributed by atoms with E-state index in [4.69, 9.17) is 5.73 Å². The molecule has 86 valence electrons. The summed E-state index contributed by atoms with van der Waals surface area (Å²) >= 11 is 0. The van der Waals surface area contributed by atoms with Crippen LogP contribution < -0.4 is 5.73 Å². The molecule has 2 unspecified atom stereocenters. The fourth-order valence-corrected chi connectivity index (χ4v) is 1.91. The van der Waals surface area contributed by atoms with Crippen LogP contribution in [0.25, 0.3) is 11.0 Å². The molecule has 2 aromatic rings. The number of hydrogen-bond donors (Lipinski definition) is 1. The van der Waals surface area contributed by atoms with E-state index < -0.39 is 10.8 Å². The predicted octanol–water partition coefficient (Wildman–Crippen LogP) is 0.781. The average Bonchev–Trinajstić information content (AvgIpc) is 2.55. The summed E-state index contributed by atoms with van der Waals surface area (Å²) in [5.41, 5.74) is 7.53. The highest BCUT2D eigenvalue weighted by molar-refractivity contribution is 7.84. The van der Waals surface area contributed by atoms with E-state index in [2.05, 4.69) is 9.97 Å². The molecule has 0 aliphatic carbocycles. The SMILES string of the molecule is CC(Cn1c(N)nc2cnccc21)S(C)=O. The molecule has 2 N–H and O–H groups in total. The van der Waals surface area contributed by atoms with Crippen molar-refractivity contribution in [2.75, 3.05) is 12.0 Å². The Hall–Kier alpha value is -1.43. The molecule has 0 amide bonds. The first kappa shape index (κ1) is 11.1. The van der Waals surface area contributed by atoms with Gasteiger partial charge in [0.1, 0.15) is 5.52 Å². The number of fused-ring (bicyclic) bond motifs is 1. The quantitative estimate of drug-likeness (QED) is 0.857. The zero-order chi connectivity index (χ0) is 11.7. The first-order chi connectivity index (χ1) is 7.59. The van der Waals surface area contributed by atoms with Crippen molar-refractivity contribution in [3.8, 4) is 0 Å². The molecule has 6 heteroatoms. The highest BCUT2D eigenvalue weighted by Gasteiger charge is 2.13. The molecule has 2 atom stereocenters. The highest BCUT2D eigenvalue weighted by atomic mass is 32.2. The summed E-state index contributed by atoms with van der Waals surface area (Å²) in [4.78, 5) is 8.19. The van der Waals surface area contributed by atoms with Gasteiger partial charge in [0.2, 0.25) is 5.95 Å². The fourth-order valence-electron chi connectivity index (χ4n) is 1.55. The third-order valence-electron chi connectivity index (χ3n) is 2.59. The first-order valence-corrected chi connectivity index (χ1v) is 6.59. The van der Waals surface area contributed by atoms with Gasteiger partial charge in [0.05, 0.1) is 11.7 Å². The Morgan fingerprint density at radius 3 is 3.06 bits per heavy atom. The minimum absolute atomic E-state index is 0.0489. The number of nitrogens with two attached hydrogens (primary N) is 1. The van der Waals surface area contributed by atoms with Crippen molar-refractivity contribution in [3.05, 3.63) is 18.5 Å². The van der Waals surface area contributed by atoms with Crippen molar-refractivity contribution in [3.63, 3.8) is 0 Å². The molecule has 16 heavy (non-hydrogen) atoms. The van der Waals surface area contributed by atoms with Crippen LogP contribution in [0.4, 0.5) is 5.95 Å². The molecule has 2 aromatic heterocycles. The van der Waals surface area contributed by atoms with Crippen LogP contribution in [0.15, 0.2) is 18.5 Å². The van der Waals surface area contributed by atoms with Crippen molar-refractivity contribution in [2.45, 2.75) is 18.7 Å². The zero-order valence-electron chi connectivity index (χ0n) is 9.25. The van der Waals surface area contributed by atoms with Crippen LogP contribution in [-0.4, -0.2) is 30.2 Å². The van der Waals surface area contributed by atoms with Gasteiger partial charge in [-0.05, 0) is 13.0 Å². The summed E-state index contributed by atoms with van der Waals surface area (Å²) < 4.78 is 13.2. The molecule has 0 fully saturated rings. The minimum Gasteiger partial charge on any atom is -0.369 e. The van der Waals surface area contributed by atoms with Crippen LogP contribution in [-0.2, 0) is 17.3 Å². The summed E-state index contributed by atoms with van der Waals surface area (Å²) in [7, 11) is -0.866. The Kier molecular flexibility index (Phi) is 2.91. The maximum Gasteiger partial charge on any atom is 0.201 e. The molecular formula is C10H14N4OS. The van der Waals surface area contributed by atoms with Gasteiger partial charge >= 0.3 is 0 Å². The van der Waals surface area contributed by atoms with Crippen LogP contribution in [0.1, 0.15) is 6.92 Å². The van der Waals surface area contributed by atoms with Crippen LogP contribution in [0, 0.1) is 0 Å². The van der Waals surface area contributed by atoms with Crippen LogP contribution in [0.3, 0.4) is 0 Å². The summed E-state index contributed by atoms with van der Waals surface area (Å²) in [6, 6.07) is 1.87. The Bertz CT molecular complexity index is 537. The second-order valence-electron chi connectivity index (χ2n) is 3.75. The molecule has 0 aliphatic heterocycles. The molecular weight excluding hydrogens is 224 g/mol. The van der Waals surface area contributed by atoms with Gasteiger partial charge < -0.3 is 10.3 Å². The zero-order valence-corrected chi connectivity index (χ0v) is 10.1. The van der Waals surface area contributed by atoms with E-state index in [9.17, 15) is 4.21 Å². The van der Waals surface area contributed by atoms with Gasteiger partial charge in [-0.25, -0.2) is 4.98 Å². The Balaban J connectivity index is 2.43. The molecule has 0 aliphatic rings. The monoisotopic (exact) mass is 238 g/mol. The van der Waals surface area contributed by atoms with E-state index in [1.807, 2.05) is 17.6 Å². The number of anilines is 1. The Morgan fingerprint density at radius 1 is 1.62 bits per heavy atom. The maximum atomic E-state index is 11.3. The second kappa shape index (κ2) is 4.21. The number of nitrogen functional groups attached to an aromatic ring is 1. The summed E-state index contributed by atoms with van der Waals surface area (Å²) in [5, 5.41) is 0.0489. The van der Waals surface area contributed by atoms with Gasteiger partial charge in [0.15, 0.2) is 0 Å². The van der Waals surface area contributed by atoms with E-state index in [0.29, 0.717) is 12.5 Å². The standard InChI is InChI=1S/C10H14N4OS/c1-7(16(2)15)6-14-9-3-4-12-5-8(9)13-10(14)11/h3-5,7H,6H2,1-2H3,(H2,11,13). The lowest BCUT2D eigenvalue weighted by molar-refractivity contribution is 0.653. The van der Waals surface area contributed by atoms with Crippen molar-refractivity contribution in [1.29, 1.82) is 0 Å². The van der Waals surface area contributed by atoms with E-state index in [1.54, 1.807) is 18.6 Å². The molecule has 0 aromatic carbocycles. The number of imidazole rings is 1. The fraction of sp³-hybridized carbons (Fsp3) is 0.400.